The van der Waals surface area contributed by atoms with Crippen LogP contribution in [0.5, 0.6) is 0 Å². The van der Waals surface area contributed by atoms with Crippen molar-refractivity contribution in [2.24, 2.45) is 5.92 Å². The number of likely N-dealkylation sites (N-methyl/N-ethyl adjacent to an activating group) is 1. The summed E-state index contributed by atoms with van der Waals surface area (Å²) in [6, 6.07) is 5.12. The first kappa shape index (κ1) is 32.7. The summed E-state index contributed by atoms with van der Waals surface area (Å²) in [5.74, 6) is -2.72. The van der Waals surface area contributed by atoms with Crippen LogP contribution in [0, 0.1) is 16.0 Å². The summed E-state index contributed by atoms with van der Waals surface area (Å²) in [6.45, 7) is 5.34. The third-order valence-electron chi connectivity index (χ3n) is 7.27. The molecule has 2 fully saturated rings. The van der Waals surface area contributed by atoms with Crippen molar-refractivity contribution in [3.8, 4) is 0 Å². The summed E-state index contributed by atoms with van der Waals surface area (Å²) < 4.78 is 4.37. The van der Waals surface area contributed by atoms with Crippen LogP contribution < -0.4 is 0 Å². The quantitative estimate of drug-likeness (QED) is 0.146. The SMILES string of the molecule is C=CCOC(=O)N1C[C@@H](SC2=C(C(=O)O)N3C(=O)[C@@H]([C@@H](O)CC)[C@@]3(SCc3ccc([N+](=O)[O-])cc3)S2)C[C@H]1C(=O)N(C)C. The van der Waals surface area contributed by atoms with E-state index in [1.807, 2.05) is 0 Å². The van der Waals surface area contributed by atoms with E-state index in [-0.39, 0.29) is 54.3 Å². The van der Waals surface area contributed by atoms with Gasteiger partial charge in [-0.3, -0.25) is 29.5 Å². The Hall–Kier alpha value is -3.21. The summed E-state index contributed by atoms with van der Waals surface area (Å²) in [5.41, 5.74) is 0.446. The number of amides is 3. The summed E-state index contributed by atoms with van der Waals surface area (Å²) in [5, 5.41) is 31.7. The lowest BCUT2D eigenvalue weighted by atomic mass is 9.89. The largest absolute Gasteiger partial charge is 0.477 e. The van der Waals surface area contributed by atoms with E-state index in [9.17, 15) is 39.5 Å². The molecule has 1 aromatic rings. The highest BCUT2D eigenvalue weighted by atomic mass is 32.2. The summed E-state index contributed by atoms with van der Waals surface area (Å²) >= 11 is 3.63. The molecule has 0 unspecified atom stereocenters. The Morgan fingerprint density at radius 3 is 2.56 bits per heavy atom. The van der Waals surface area contributed by atoms with Crippen molar-refractivity contribution in [1.82, 2.24) is 14.7 Å². The molecule has 3 aliphatic heterocycles. The number of benzene rings is 1. The minimum absolute atomic E-state index is 0.0348. The molecule has 43 heavy (non-hydrogen) atoms. The smallest absolute Gasteiger partial charge is 0.410 e. The number of fused-ring (bicyclic) bond motifs is 1. The Kier molecular flexibility index (Phi) is 10.0. The van der Waals surface area contributed by atoms with Gasteiger partial charge in [-0.15, -0.1) is 23.5 Å². The van der Waals surface area contributed by atoms with Gasteiger partial charge in [0.15, 0.2) is 9.90 Å². The van der Waals surface area contributed by atoms with Gasteiger partial charge in [-0.25, -0.2) is 9.59 Å². The van der Waals surface area contributed by atoms with E-state index >= 15 is 0 Å². The predicted octanol–water partition coefficient (Wildman–Crippen LogP) is 3.30. The molecule has 0 aliphatic carbocycles. The van der Waals surface area contributed by atoms with E-state index < -0.39 is 45.2 Å². The maximum atomic E-state index is 13.4. The van der Waals surface area contributed by atoms with E-state index in [0.717, 1.165) is 5.56 Å². The molecule has 3 heterocycles. The second kappa shape index (κ2) is 13.2. The summed E-state index contributed by atoms with van der Waals surface area (Å²) in [7, 11) is 3.16. The Labute approximate surface area is 260 Å². The summed E-state index contributed by atoms with van der Waals surface area (Å²) in [4.78, 5) is 66.1. The number of carboxylic acids is 1. The molecule has 0 saturated carbocycles. The van der Waals surface area contributed by atoms with Crippen molar-refractivity contribution in [2.45, 2.75) is 47.1 Å². The highest BCUT2D eigenvalue weighted by Gasteiger charge is 2.69. The average molecular weight is 653 g/mol. The second-order valence-electron chi connectivity index (χ2n) is 10.3. The Bertz CT molecular complexity index is 1360. The fourth-order valence-electron chi connectivity index (χ4n) is 5.14. The van der Waals surface area contributed by atoms with Crippen LogP contribution >= 0.6 is 35.3 Å². The molecule has 0 radical (unpaired) electrons. The molecule has 5 atom stereocenters. The van der Waals surface area contributed by atoms with Crippen LogP contribution in [0.3, 0.4) is 0 Å². The minimum atomic E-state index is -1.31. The lowest BCUT2D eigenvalue weighted by Gasteiger charge is -2.53. The first-order valence-electron chi connectivity index (χ1n) is 13.3. The molecule has 1 aromatic carbocycles. The fraction of sp³-hybridized carbons (Fsp3) is 0.481. The number of ether oxygens (including phenoxy) is 1. The van der Waals surface area contributed by atoms with Crippen LogP contribution in [-0.2, 0) is 24.9 Å². The third kappa shape index (κ3) is 6.23. The lowest BCUT2D eigenvalue weighted by molar-refractivity contribution is -0.384. The number of nitrogens with zero attached hydrogens (tertiary/aromatic N) is 4. The van der Waals surface area contributed by atoms with Gasteiger partial charge in [0, 0.05) is 43.8 Å². The number of nitro groups is 1. The standard InChI is InChI=1S/C27H32N4O9S3/c1-5-11-40-26(37)29-13-17(12-18(29)22(33)28(3)4)42-25-21(24(35)36)30-23(34)20(19(32)6-2)27(30,43-25)41-14-15-7-9-16(10-8-15)31(38)39/h5,7-10,17-20,32H,1,6,11-14H2,2-4H3,(H,35,36)/t17-,18-,19-,20+,27+/m0/s1. The van der Waals surface area contributed by atoms with Crippen molar-refractivity contribution in [3.05, 3.63) is 62.5 Å². The first-order chi connectivity index (χ1) is 20.4. The van der Waals surface area contributed by atoms with Crippen LogP contribution in [0.25, 0.3) is 0 Å². The van der Waals surface area contributed by atoms with Crippen LogP contribution in [0.4, 0.5) is 10.5 Å². The zero-order valence-electron chi connectivity index (χ0n) is 23.7. The van der Waals surface area contributed by atoms with Gasteiger partial charge in [0.05, 0.1) is 15.3 Å². The number of rotatable bonds is 12. The van der Waals surface area contributed by atoms with Gasteiger partial charge in [0.1, 0.15) is 18.6 Å². The van der Waals surface area contributed by atoms with Gasteiger partial charge in [-0.2, -0.15) is 0 Å². The van der Waals surface area contributed by atoms with Crippen LogP contribution in [0.15, 0.2) is 46.9 Å². The molecule has 13 nitrogen and oxygen atoms in total. The Morgan fingerprint density at radius 2 is 2.00 bits per heavy atom. The first-order valence-corrected chi connectivity index (χ1v) is 16.0. The molecule has 0 spiro atoms. The number of aliphatic carboxylic acids is 1. The van der Waals surface area contributed by atoms with E-state index in [1.54, 1.807) is 33.2 Å². The van der Waals surface area contributed by atoms with E-state index in [4.69, 9.17) is 4.74 Å². The molecule has 4 rings (SSSR count). The molecular formula is C27H32N4O9S3. The monoisotopic (exact) mass is 652 g/mol. The second-order valence-corrected chi connectivity index (χ2v) is 14.5. The van der Waals surface area contributed by atoms with E-state index in [1.165, 1.54) is 68.2 Å². The van der Waals surface area contributed by atoms with Crippen molar-refractivity contribution in [2.75, 3.05) is 27.2 Å². The number of likely N-dealkylation sites (tertiary alicyclic amines) is 1. The maximum Gasteiger partial charge on any atom is 0.410 e. The van der Waals surface area contributed by atoms with Gasteiger partial charge >= 0.3 is 12.1 Å². The number of carbonyl (C=O) groups excluding carboxylic acids is 3. The molecular weight excluding hydrogens is 621 g/mol. The molecule has 232 valence electrons. The molecule has 3 amide bonds. The van der Waals surface area contributed by atoms with Gasteiger partial charge in [-0.1, -0.05) is 43.5 Å². The topological polar surface area (TPSA) is 171 Å². The fourth-order valence-corrected chi connectivity index (χ4v) is 10.6. The van der Waals surface area contributed by atoms with Gasteiger partial charge in [-0.05, 0) is 18.4 Å². The predicted molar refractivity (Wildman–Crippen MR) is 163 cm³/mol. The van der Waals surface area contributed by atoms with E-state index in [0.29, 0.717) is 4.24 Å². The molecule has 0 aromatic heterocycles. The van der Waals surface area contributed by atoms with Gasteiger partial charge in [0.2, 0.25) is 11.8 Å². The van der Waals surface area contributed by atoms with E-state index in [2.05, 4.69) is 6.58 Å². The molecule has 16 heteroatoms. The highest BCUT2D eigenvalue weighted by Crippen LogP contribution is 2.67. The average Bonchev–Trinajstić information content (AvgIpc) is 3.51. The van der Waals surface area contributed by atoms with Gasteiger partial charge in [0.25, 0.3) is 5.69 Å². The number of nitro benzene ring substituents is 1. The highest BCUT2D eigenvalue weighted by molar-refractivity contribution is 8.29. The molecule has 3 aliphatic rings. The van der Waals surface area contributed by atoms with Crippen LogP contribution in [-0.4, -0.2) is 103 Å². The molecule has 2 N–H and O–H groups in total. The van der Waals surface area contributed by atoms with Gasteiger partial charge < -0.3 is 19.8 Å². The van der Waals surface area contributed by atoms with Crippen LogP contribution in [0.1, 0.15) is 25.3 Å². The zero-order chi connectivity index (χ0) is 31.6. The number of thioether (sulfide) groups is 3. The number of β-lactam (4-membered cyclic amide) rings is 1. The number of carbonyl (C=O) groups is 4. The van der Waals surface area contributed by atoms with Crippen LogP contribution in [0.2, 0.25) is 0 Å². The number of aliphatic hydroxyl groups excluding tert-OH is 1. The lowest BCUT2D eigenvalue weighted by Crippen LogP contribution is -2.68. The number of hydrogen-bond donors (Lipinski definition) is 2. The van der Waals surface area contributed by atoms with Crippen molar-refractivity contribution in [3.63, 3.8) is 0 Å². The maximum absolute atomic E-state index is 13.4. The van der Waals surface area contributed by atoms with Crippen molar-refractivity contribution < 1.29 is 39.1 Å². The van der Waals surface area contributed by atoms with Crippen molar-refractivity contribution >= 4 is 64.8 Å². The van der Waals surface area contributed by atoms with Crippen molar-refractivity contribution in [1.29, 1.82) is 0 Å². The number of hydrogen-bond acceptors (Lipinski definition) is 11. The normalized spacial score (nSPS) is 25.2. The Balaban J connectivity index is 1.61. The third-order valence-corrected chi connectivity index (χ3v) is 11.9. The molecule has 2 saturated heterocycles. The number of carboxylic acid groups (broad SMARTS) is 1. The minimum Gasteiger partial charge on any atom is -0.477 e. The Morgan fingerprint density at radius 1 is 1.33 bits per heavy atom. The summed E-state index contributed by atoms with van der Waals surface area (Å²) in [6.07, 6.45) is 0.213. The zero-order valence-corrected chi connectivity index (χ0v) is 26.2. The molecule has 0 bridgehead atoms. The number of non-ortho nitro benzene ring substituents is 1. The number of aliphatic hydroxyl groups is 1.